The zero-order chi connectivity index (χ0) is 16.8. The maximum absolute atomic E-state index is 12.2. The first kappa shape index (κ1) is 16.0. The molecule has 0 spiro atoms. The molecule has 3 aromatic carbocycles. The quantitative estimate of drug-likeness (QED) is 0.408. The van der Waals surface area contributed by atoms with Gasteiger partial charge in [0.25, 0.3) is 0 Å². The summed E-state index contributed by atoms with van der Waals surface area (Å²) in [5.41, 5.74) is 0. The second kappa shape index (κ2) is 7.11. The van der Waals surface area contributed by atoms with Crippen molar-refractivity contribution in [3.8, 4) is 0 Å². The van der Waals surface area contributed by atoms with Crippen LogP contribution in [0.4, 0.5) is 0 Å². The minimum atomic E-state index is -2.93. The van der Waals surface area contributed by atoms with Crippen LogP contribution in [0.1, 0.15) is 0 Å². The molecule has 0 N–H and O–H groups in total. The van der Waals surface area contributed by atoms with E-state index in [0.717, 1.165) is 15.6 Å². The second-order valence-electron chi connectivity index (χ2n) is 5.40. The molecule has 0 bridgehead atoms. The van der Waals surface area contributed by atoms with Crippen molar-refractivity contribution in [2.75, 3.05) is 0 Å². The lowest BCUT2D eigenvalue weighted by molar-refractivity contribution is -0.129. The van der Waals surface area contributed by atoms with Gasteiger partial charge in [0.1, 0.15) is 0 Å². The van der Waals surface area contributed by atoms with E-state index in [0.29, 0.717) is 0 Å². The van der Waals surface area contributed by atoms with Gasteiger partial charge < -0.3 is 4.43 Å². The van der Waals surface area contributed by atoms with Crippen LogP contribution >= 0.6 is 0 Å². The molecule has 0 saturated carbocycles. The Bertz CT molecular complexity index is 718. The summed E-state index contributed by atoms with van der Waals surface area (Å²) >= 11 is 0. The van der Waals surface area contributed by atoms with Crippen LogP contribution in [0.15, 0.2) is 104 Å². The van der Waals surface area contributed by atoms with Crippen molar-refractivity contribution in [1.29, 1.82) is 0 Å². The van der Waals surface area contributed by atoms with Crippen molar-refractivity contribution >= 4 is 29.8 Å². The fraction of sp³-hybridized carbons (Fsp3) is 0. The van der Waals surface area contributed by atoms with Crippen molar-refractivity contribution in [3.05, 3.63) is 104 Å². The van der Waals surface area contributed by atoms with Gasteiger partial charge in [0.2, 0.25) is 0 Å². The normalized spacial score (nSPS) is 10.8. The molecule has 0 aliphatic carbocycles. The number of hydrogen-bond donors (Lipinski definition) is 0. The number of benzene rings is 3. The minimum absolute atomic E-state index is 0.404. The second-order valence-corrected chi connectivity index (χ2v) is 8.70. The standard InChI is InChI=1S/C21H18O2Si/c1-2-21(22)23-24(18-12-6-3-7-13-18,19-14-8-4-9-15-19)20-16-10-5-11-17-20/h2-17H,1H2. The number of carbonyl (C=O) groups excluding carboxylic acids is 1. The van der Waals surface area contributed by atoms with Gasteiger partial charge in [-0.05, 0) is 15.6 Å². The average molecular weight is 330 g/mol. The number of rotatable bonds is 5. The fourth-order valence-corrected chi connectivity index (χ4v) is 6.61. The Morgan fingerprint density at radius 1 is 0.708 bits per heavy atom. The van der Waals surface area contributed by atoms with Crippen LogP contribution in [0.2, 0.25) is 0 Å². The molecule has 0 atom stereocenters. The van der Waals surface area contributed by atoms with E-state index in [9.17, 15) is 4.79 Å². The number of carbonyl (C=O) groups is 1. The van der Waals surface area contributed by atoms with Crippen LogP contribution in [-0.4, -0.2) is 14.3 Å². The highest BCUT2D eigenvalue weighted by Gasteiger charge is 2.44. The monoisotopic (exact) mass is 330 g/mol. The third-order valence-electron chi connectivity index (χ3n) is 3.96. The molecule has 0 saturated heterocycles. The Morgan fingerprint density at radius 2 is 1.04 bits per heavy atom. The van der Waals surface area contributed by atoms with Crippen molar-refractivity contribution in [3.63, 3.8) is 0 Å². The molecule has 0 amide bonds. The highest BCUT2D eigenvalue weighted by Crippen LogP contribution is 2.10. The zero-order valence-corrected chi connectivity index (χ0v) is 14.3. The van der Waals surface area contributed by atoms with Crippen LogP contribution in [-0.2, 0) is 9.22 Å². The van der Waals surface area contributed by atoms with Crippen molar-refractivity contribution in [2.45, 2.75) is 0 Å². The molecular formula is C21H18O2Si. The molecule has 0 heterocycles. The summed E-state index contributed by atoms with van der Waals surface area (Å²) in [6, 6.07) is 29.9. The van der Waals surface area contributed by atoms with Gasteiger partial charge in [-0.25, -0.2) is 4.79 Å². The van der Waals surface area contributed by atoms with Gasteiger partial charge >= 0.3 is 14.3 Å². The van der Waals surface area contributed by atoms with E-state index in [1.54, 1.807) is 0 Å². The first-order chi connectivity index (χ1) is 11.8. The Balaban J connectivity index is 2.32. The first-order valence-corrected chi connectivity index (χ1v) is 9.70. The largest absolute Gasteiger partial charge is 0.502 e. The summed E-state index contributed by atoms with van der Waals surface area (Å²) in [4.78, 5) is 12.2. The maximum atomic E-state index is 12.2. The topological polar surface area (TPSA) is 26.3 Å². The van der Waals surface area contributed by atoms with Crippen molar-refractivity contribution in [2.24, 2.45) is 0 Å². The molecule has 0 radical (unpaired) electrons. The average Bonchev–Trinajstić information content (AvgIpc) is 2.68. The summed E-state index contributed by atoms with van der Waals surface area (Å²) in [6.07, 6.45) is 1.23. The van der Waals surface area contributed by atoms with E-state index >= 15 is 0 Å². The SMILES string of the molecule is C=CC(=O)O[Si](c1ccccc1)(c1ccccc1)c1ccccc1. The lowest BCUT2D eigenvalue weighted by Crippen LogP contribution is -2.69. The van der Waals surface area contributed by atoms with Crippen LogP contribution in [0, 0.1) is 0 Å². The summed E-state index contributed by atoms with van der Waals surface area (Å²) in [5, 5.41) is 3.08. The predicted octanol–water partition coefficient (Wildman–Crippen LogP) is 2.38. The van der Waals surface area contributed by atoms with Crippen molar-refractivity contribution in [1.82, 2.24) is 0 Å². The van der Waals surface area contributed by atoms with Gasteiger partial charge in [-0.15, -0.1) is 0 Å². The molecule has 2 nitrogen and oxygen atoms in total. The summed E-state index contributed by atoms with van der Waals surface area (Å²) in [6.45, 7) is 3.57. The van der Waals surface area contributed by atoms with E-state index in [-0.39, 0.29) is 0 Å². The summed E-state index contributed by atoms with van der Waals surface area (Å²) in [7, 11) is -2.93. The molecule has 3 heteroatoms. The van der Waals surface area contributed by atoms with E-state index in [2.05, 4.69) is 6.58 Å². The lowest BCUT2D eigenvalue weighted by Gasteiger charge is -2.31. The van der Waals surface area contributed by atoms with E-state index in [1.165, 1.54) is 6.08 Å². The molecule has 0 unspecified atom stereocenters. The smallest absolute Gasteiger partial charge is 0.350 e. The summed E-state index contributed by atoms with van der Waals surface area (Å²) in [5.74, 6) is -0.404. The van der Waals surface area contributed by atoms with Crippen LogP contribution in [0.5, 0.6) is 0 Å². The van der Waals surface area contributed by atoms with Crippen LogP contribution in [0.3, 0.4) is 0 Å². The Hall–Kier alpha value is -2.91. The summed E-state index contributed by atoms with van der Waals surface area (Å²) < 4.78 is 6.13. The highest BCUT2D eigenvalue weighted by atomic mass is 28.4. The molecule has 3 rings (SSSR count). The van der Waals surface area contributed by atoms with Gasteiger partial charge in [0.15, 0.2) is 0 Å². The van der Waals surface area contributed by atoms with E-state index < -0.39 is 14.3 Å². The van der Waals surface area contributed by atoms with E-state index in [1.807, 2.05) is 91.0 Å². The van der Waals surface area contributed by atoms with Gasteiger partial charge in [-0.3, -0.25) is 0 Å². The molecule has 0 aliphatic heterocycles. The van der Waals surface area contributed by atoms with Gasteiger partial charge in [0.05, 0.1) is 0 Å². The molecule has 3 aromatic rings. The van der Waals surface area contributed by atoms with Gasteiger partial charge in [-0.1, -0.05) is 97.6 Å². The molecule has 0 aliphatic rings. The highest BCUT2D eigenvalue weighted by molar-refractivity contribution is 7.07. The van der Waals surface area contributed by atoms with Gasteiger partial charge in [-0.2, -0.15) is 0 Å². The molecule has 24 heavy (non-hydrogen) atoms. The van der Waals surface area contributed by atoms with Gasteiger partial charge in [0, 0.05) is 6.08 Å². The van der Waals surface area contributed by atoms with E-state index in [4.69, 9.17) is 4.43 Å². The predicted molar refractivity (Wildman–Crippen MR) is 100 cm³/mol. The zero-order valence-electron chi connectivity index (χ0n) is 13.3. The molecule has 0 aromatic heterocycles. The Morgan fingerprint density at radius 3 is 1.33 bits per heavy atom. The lowest BCUT2D eigenvalue weighted by atomic mass is 10.3. The third kappa shape index (κ3) is 2.94. The Labute approximate surface area is 143 Å². The van der Waals surface area contributed by atoms with Crippen LogP contribution < -0.4 is 15.6 Å². The number of hydrogen-bond acceptors (Lipinski definition) is 2. The van der Waals surface area contributed by atoms with Crippen LogP contribution in [0.25, 0.3) is 0 Å². The minimum Gasteiger partial charge on any atom is -0.502 e. The molecule has 118 valence electrons. The first-order valence-electron chi connectivity index (χ1n) is 7.79. The fourth-order valence-electron chi connectivity index (χ4n) is 2.89. The third-order valence-corrected chi connectivity index (χ3v) is 7.91. The molecule has 0 fully saturated rings. The van der Waals surface area contributed by atoms with Crippen molar-refractivity contribution < 1.29 is 9.22 Å². The molecular weight excluding hydrogens is 312 g/mol. The maximum Gasteiger partial charge on any atom is 0.350 e. The Kier molecular flexibility index (Phi) is 4.73.